The van der Waals surface area contributed by atoms with E-state index in [1.807, 2.05) is 27.7 Å². The average Bonchev–Trinajstić information content (AvgIpc) is 3.13. The Kier molecular flexibility index (Phi) is 11.8. The van der Waals surface area contributed by atoms with E-state index in [4.69, 9.17) is 23.1 Å². The molecule has 53 heavy (non-hydrogen) atoms. The van der Waals surface area contributed by atoms with Gasteiger partial charge in [0.25, 0.3) is 8.32 Å². The summed E-state index contributed by atoms with van der Waals surface area (Å²) in [6.45, 7) is 21.4. The van der Waals surface area contributed by atoms with Crippen LogP contribution in [0.25, 0.3) is 0 Å². The van der Waals surface area contributed by atoms with Crippen LogP contribution >= 0.6 is 0 Å². The number of ketones is 1. The Morgan fingerprint density at radius 1 is 0.925 bits per heavy atom. The van der Waals surface area contributed by atoms with E-state index >= 15 is 4.79 Å². The van der Waals surface area contributed by atoms with Gasteiger partial charge >= 0.3 is 11.9 Å². The van der Waals surface area contributed by atoms with Gasteiger partial charge in [-0.1, -0.05) is 80.5 Å². The molecule has 1 aliphatic heterocycles. The lowest BCUT2D eigenvalue weighted by atomic mass is 9.45. The summed E-state index contributed by atoms with van der Waals surface area (Å²) in [5.41, 5.74) is -5.41. The number of carbonyl (C=O) groups is 3. The van der Waals surface area contributed by atoms with Gasteiger partial charge in [-0.25, -0.2) is 4.79 Å². The first-order chi connectivity index (χ1) is 24.9. The van der Waals surface area contributed by atoms with Crippen molar-refractivity contribution in [2.75, 3.05) is 6.61 Å². The van der Waals surface area contributed by atoms with Crippen LogP contribution in [0.4, 0.5) is 0 Å². The van der Waals surface area contributed by atoms with E-state index in [2.05, 4.69) is 41.5 Å². The van der Waals surface area contributed by atoms with Crippen molar-refractivity contribution in [1.29, 1.82) is 0 Å². The molecule has 3 fully saturated rings. The minimum absolute atomic E-state index is 0.0609. The molecule has 2 N–H and O–H groups in total. The first-order valence-electron chi connectivity index (χ1n) is 20.0. The third-order valence-corrected chi connectivity index (χ3v) is 23.7. The predicted molar refractivity (Wildman–Crippen MR) is 207 cm³/mol. The zero-order valence-electron chi connectivity index (χ0n) is 33.9. The Balaban J connectivity index is 1.93. The topological polar surface area (TPSA) is 138 Å². The second kappa shape index (κ2) is 14.9. The van der Waals surface area contributed by atoms with Gasteiger partial charge in [0.1, 0.15) is 23.6 Å². The maximum atomic E-state index is 16.3. The number of benzene rings is 1. The van der Waals surface area contributed by atoms with Crippen molar-refractivity contribution in [2.45, 2.75) is 161 Å². The standard InChI is InChI=1S/C41H64O10Si2/c1-12-52(13-2,14-3)50-30-23-31-40(25-47-31,49-27(8)42)34-36(48-37(45)28-21-19-18-20-22-28)41(46)24-29(43)26(7)32(38(41,9)10)33(35(44)39(30,34)11)51-53(15-4,16-5)17-6/h18-22,26,29-31,34,36,43,46H,12-17,23-25H2,1-11H3/b33-32+/t26?,29-,30-,31+,34?,36-,39+,40-,41+/m0/s1. The lowest BCUT2D eigenvalue weighted by Crippen LogP contribution is -2.81. The molecule has 5 rings (SSSR count). The Morgan fingerprint density at radius 2 is 1.49 bits per heavy atom. The maximum Gasteiger partial charge on any atom is 0.338 e. The molecular weight excluding hydrogens is 709 g/mol. The monoisotopic (exact) mass is 772 g/mol. The van der Waals surface area contributed by atoms with Gasteiger partial charge in [0.2, 0.25) is 5.78 Å². The molecule has 2 bridgehead atoms. The average molecular weight is 773 g/mol. The number of carbonyl (C=O) groups excluding carboxylic acids is 3. The number of aliphatic hydroxyl groups is 2. The highest BCUT2D eigenvalue weighted by Crippen LogP contribution is 2.65. The highest BCUT2D eigenvalue weighted by Gasteiger charge is 2.78. The van der Waals surface area contributed by atoms with Crippen molar-refractivity contribution in [2.24, 2.45) is 22.7 Å². The van der Waals surface area contributed by atoms with Crippen molar-refractivity contribution in [1.82, 2.24) is 0 Å². The molecule has 1 heterocycles. The number of fused-ring (bicyclic) bond motifs is 5. The molecular formula is C41H64O10Si2. The smallest absolute Gasteiger partial charge is 0.338 e. The summed E-state index contributed by atoms with van der Waals surface area (Å²) in [6, 6.07) is 13.3. The van der Waals surface area contributed by atoms with Crippen molar-refractivity contribution in [3.05, 3.63) is 47.2 Å². The first-order valence-corrected chi connectivity index (χ1v) is 25.1. The molecule has 12 heteroatoms. The fourth-order valence-electron chi connectivity index (χ4n) is 10.4. The molecule has 1 aromatic carbocycles. The second-order valence-corrected chi connectivity index (χ2v) is 26.3. The Morgan fingerprint density at radius 3 is 1.98 bits per heavy atom. The second-order valence-electron chi connectivity index (χ2n) is 16.9. The molecule has 9 atom stereocenters. The van der Waals surface area contributed by atoms with E-state index in [0.717, 1.165) is 36.3 Å². The van der Waals surface area contributed by atoms with Crippen LogP contribution < -0.4 is 0 Å². The zero-order valence-corrected chi connectivity index (χ0v) is 35.9. The van der Waals surface area contributed by atoms with Crippen LogP contribution in [0.5, 0.6) is 0 Å². The van der Waals surface area contributed by atoms with E-state index < -0.39 is 86.9 Å². The van der Waals surface area contributed by atoms with Gasteiger partial charge in [-0.2, -0.15) is 0 Å². The number of aliphatic hydroxyl groups excluding tert-OH is 1. The van der Waals surface area contributed by atoms with Gasteiger partial charge in [-0.3, -0.25) is 9.59 Å². The molecule has 2 unspecified atom stereocenters. The van der Waals surface area contributed by atoms with Gasteiger partial charge < -0.3 is 33.3 Å². The van der Waals surface area contributed by atoms with Crippen LogP contribution in [-0.4, -0.2) is 86.8 Å². The minimum atomic E-state index is -2.58. The summed E-state index contributed by atoms with van der Waals surface area (Å²) in [5.74, 6) is -3.12. The Hall–Kier alpha value is -2.36. The largest absolute Gasteiger partial charge is 0.541 e. The number of rotatable bonds is 13. The Labute approximate surface area is 318 Å². The number of hydrogen-bond acceptors (Lipinski definition) is 10. The first kappa shape index (κ1) is 41.8. The normalized spacial score (nSPS) is 36.6. The summed E-state index contributed by atoms with van der Waals surface area (Å²) in [6.07, 6.45) is -3.88. The fraction of sp³-hybridized carbons (Fsp3) is 0.732. The van der Waals surface area contributed by atoms with E-state index in [0.29, 0.717) is 5.57 Å². The van der Waals surface area contributed by atoms with Crippen LogP contribution in [0.15, 0.2) is 41.7 Å². The van der Waals surface area contributed by atoms with Gasteiger partial charge in [0, 0.05) is 31.1 Å². The summed E-state index contributed by atoms with van der Waals surface area (Å²) in [7, 11) is -5.02. The molecule has 1 saturated heterocycles. The van der Waals surface area contributed by atoms with E-state index in [9.17, 15) is 19.8 Å². The van der Waals surface area contributed by atoms with Gasteiger partial charge in [-0.15, -0.1) is 0 Å². The van der Waals surface area contributed by atoms with Gasteiger partial charge in [0.15, 0.2) is 13.9 Å². The van der Waals surface area contributed by atoms with Crippen molar-refractivity contribution in [3.8, 4) is 0 Å². The van der Waals surface area contributed by atoms with E-state index in [1.54, 1.807) is 30.3 Å². The lowest BCUT2D eigenvalue weighted by molar-refractivity contribution is -0.344. The number of allylic oxidation sites excluding steroid dienone is 1. The van der Waals surface area contributed by atoms with Gasteiger partial charge in [0.05, 0.1) is 35.7 Å². The zero-order chi connectivity index (χ0) is 39.4. The lowest BCUT2D eigenvalue weighted by Gasteiger charge is -2.68. The quantitative estimate of drug-likeness (QED) is 0.155. The maximum absolute atomic E-state index is 16.3. The number of hydrogen-bond donors (Lipinski definition) is 2. The number of ether oxygens (including phenoxy) is 3. The predicted octanol–water partition coefficient (Wildman–Crippen LogP) is 7.35. The van der Waals surface area contributed by atoms with Gasteiger partial charge in [-0.05, 0) is 60.9 Å². The molecule has 10 nitrogen and oxygen atoms in total. The number of Topliss-reactive ketones (excluding diaryl/α,β-unsaturated/α-hetero) is 1. The highest BCUT2D eigenvalue weighted by molar-refractivity contribution is 6.74. The molecule has 1 aromatic rings. The van der Waals surface area contributed by atoms with E-state index in [1.165, 1.54) is 6.92 Å². The van der Waals surface area contributed by atoms with Crippen LogP contribution in [0.2, 0.25) is 36.3 Å². The van der Waals surface area contributed by atoms with Crippen LogP contribution in [0.3, 0.4) is 0 Å². The molecule has 0 radical (unpaired) electrons. The molecule has 3 aliphatic carbocycles. The van der Waals surface area contributed by atoms with Crippen LogP contribution in [0, 0.1) is 22.7 Å². The summed E-state index contributed by atoms with van der Waals surface area (Å²) in [4.78, 5) is 43.8. The highest BCUT2D eigenvalue weighted by atomic mass is 28.4. The van der Waals surface area contributed by atoms with Crippen molar-refractivity contribution < 1.29 is 47.7 Å². The van der Waals surface area contributed by atoms with Crippen LogP contribution in [-0.2, 0) is 32.7 Å². The molecule has 296 valence electrons. The van der Waals surface area contributed by atoms with Crippen molar-refractivity contribution in [3.63, 3.8) is 0 Å². The molecule has 0 amide bonds. The summed E-state index contributed by atoms with van der Waals surface area (Å²) >= 11 is 0. The fourth-order valence-corrected chi connectivity index (χ4v) is 15.9. The molecule has 2 saturated carbocycles. The minimum Gasteiger partial charge on any atom is -0.541 e. The molecule has 4 aliphatic rings. The van der Waals surface area contributed by atoms with Crippen LogP contribution in [0.1, 0.15) is 99.4 Å². The molecule has 0 aromatic heterocycles. The van der Waals surface area contributed by atoms with Crippen molar-refractivity contribution >= 4 is 34.4 Å². The SMILES string of the molecule is CC[Si](CC)(CC)O/C1=C2\C(C)[C@@H](O)C[C@@](O)([C@@H](OC(=O)c3ccccc3)C3[C@](C)(C1=O)[C@@H](O[Si](CC)(CC)CC)C[C@H]1OC[C@@]31OC(C)=O)C2(C)C. The van der Waals surface area contributed by atoms with E-state index in [-0.39, 0.29) is 36.6 Å². The third-order valence-electron chi connectivity index (χ3n) is 14.5. The summed E-state index contributed by atoms with van der Waals surface area (Å²) < 4.78 is 33.9. The molecule has 0 spiro atoms. The Bertz CT molecular complexity index is 1550. The summed E-state index contributed by atoms with van der Waals surface area (Å²) in [5, 5.41) is 25.5. The third kappa shape index (κ3) is 6.40. The number of esters is 2.